The van der Waals surface area contributed by atoms with E-state index in [-0.39, 0.29) is 17.3 Å². The maximum Gasteiger partial charge on any atom is 0.335 e. The lowest BCUT2D eigenvalue weighted by molar-refractivity contribution is 0.0696. The SMILES string of the molecule is CN(c1c(F)cc(C(=O)O)cc1F)C1CCOCC1. The number of halogens is 2. The number of carboxylic acid groups (broad SMARTS) is 1. The van der Waals surface area contributed by atoms with Crippen molar-refractivity contribution in [1.82, 2.24) is 0 Å². The number of aromatic carboxylic acids is 1. The summed E-state index contributed by atoms with van der Waals surface area (Å²) in [5.74, 6) is -3.06. The number of rotatable bonds is 3. The van der Waals surface area contributed by atoms with Crippen LogP contribution in [0.2, 0.25) is 0 Å². The maximum atomic E-state index is 13.9. The molecule has 0 bridgehead atoms. The van der Waals surface area contributed by atoms with Crippen molar-refractivity contribution in [1.29, 1.82) is 0 Å². The molecule has 0 spiro atoms. The molecule has 6 heteroatoms. The first-order valence-electron chi connectivity index (χ1n) is 6.03. The van der Waals surface area contributed by atoms with E-state index < -0.39 is 17.6 Å². The number of anilines is 1. The average Bonchev–Trinajstić information content (AvgIpc) is 2.38. The molecule has 0 unspecified atom stereocenters. The van der Waals surface area contributed by atoms with E-state index in [1.54, 1.807) is 7.05 Å². The zero-order valence-corrected chi connectivity index (χ0v) is 10.5. The topological polar surface area (TPSA) is 49.8 Å². The van der Waals surface area contributed by atoms with Crippen LogP contribution in [0.1, 0.15) is 23.2 Å². The summed E-state index contributed by atoms with van der Waals surface area (Å²) >= 11 is 0. The van der Waals surface area contributed by atoms with Crippen LogP contribution in [-0.4, -0.2) is 37.4 Å². The number of carboxylic acids is 1. The molecule has 1 fully saturated rings. The largest absolute Gasteiger partial charge is 0.478 e. The fourth-order valence-electron chi connectivity index (χ4n) is 2.28. The Hall–Kier alpha value is -1.69. The Morgan fingerprint density at radius 2 is 1.84 bits per heavy atom. The van der Waals surface area contributed by atoms with Crippen LogP contribution in [0.5, 0.6) is 0 Å². The molecule has 1 N–H and O–H groups in total. The number of hydrogen-bond donors (Lipinski definition) is 1. The van der Waals surface area contributed by atoms with Crippen LogP contribution in [-0.2, 0) is 4.74 Å². The van der Waals surface area contributed by atoms with Crippen molar-refractivity contribution in [2.75, 3.05) is 25.2 Å². The molecule has 1 aliphatic rings. The van der Waals surface area contributed by atoms with E-state index >= 15 is 0 Å². The van der Waals surface area contributed by atoms with Gasteiger partial charge in [-0.3, -0.25) is 0 Å². The Morgan fingerprint density at radius 1 is 1.32 bits per heavy atom. The van der Waals surface area contributed by atoms with E-state index in [4.69, 9.17) is 9.84 Å². The van der Waals surface area contributed by atoms with Crippen molar-refractivity contribution in [3.8, 4) is 0 Å². The second kappa shape index (κ2) is 5.52. The van der Waals surface area contributed by atoms with Gasteiger partial charge in [0.1, 0.15) is 17.3 Å². The Labute approximate surface area is 109 Å². The smallest absolute Gasteiger partial charge is 0.335 e. The van der Waals surface area contributed by atoms with E-state index in [2.05, 4.69) is 0 Å². The number of benzene rings is 1. The van der Waals surface area contributed by atoms with Gasteiger partial charge in [0, 0.05) is 26.3 Å². The number of nitrogens with zero attached hydrogens (tertiary/aromatic N) is 1. The van der Waals surface area contributed by atoms with Crippen molar-refractivity contribution in [2.24, 2.45) is 0 Å². The summed E-state index contributed by atoms with van der Waals surface area (Å²) in [6.45, 7) is 1.12. The molecular weight excluding hydrogens is 256 g/mol. The van der Waals surface area contributed by atoms with Gasteiger partial charge in [-0.1, -0.05) is 0 Å². The molecule has 1 aromatic rings. The molecule has 2 rings (SSSR count). The molecule has 0 atom stereocenters. The number of ether oxygens (including phenoxy) is 1. The van der Waals surface area contributed by atoms with E-state index in [1.807, 2.05) is 0 Å². The molecule has 19 heavy (non-hydrogen) atoms. The van der Waals surface area contributed by atoms with Crippen LogP contribution < -0.4 is 4.90 Å². The summed E-state index contributed by atoms with van der Waals surface area (Å²) in [7, 11) is 1.61. The predicted octanol–water partition coefficient (Wildman–Crippen LogP) is 2.28. The zero-order chi connectivity index (χ0) is 14.0. The van der Waals surface area contributed by atoms with Crippen LogP contribution in [0, 0.1) is 11.6 Å². The second-order valence-electron chi connectivity index (χ2n) is 4.55. The maximum absolute atomic E-state index is 13.9. The quantitative estimate of drug-likeness (QED) is 0.916. The first-order chi connectivity index (χ1) is 9.00. The van der Waals surface area contributed by atoms with Gasteiger partial charge in [0.05, 0.1) is 5.56 Å². The summed E-state index contributed by atoms with van der Waals surface area (Å²) in [4.78, 5) is 12.3. The van der Waals surface area contributed by atoms with Gasteiger partial charge in [0.2, 0.25) is 0 Å². The van der Waals surface area contributed by atoms with Gasteiger partial charge >= 0.3 is 5.97 Å². The fraction of sp³-hybridized carbons (Fsp3) is 0.462. The van der Waals surface area contributed by atoms with Gasteiger partial charge in [-0.05, 0) is 25.0 Å². The van der Waals surface area contributed by atoms with Crippen molar-refractivity contribution in [3.63, 3.8) is 0 Å². The zero-order valence-electron chi connectivity index (χ0n) is 10.5. The third kappa shape index (κ3) is 2.84. The van der Waals surface area contributed by atoms with Gasteiger partial charge in [-0.15, -0.1) is 0 Å². The van der Waals surface area contributed by atoms with E-state index in [1.165, 1.54) is 4.90 Å². The fourth-order valence-corrected chi connectivity index (χ4v) is 2.28. The van der Waals surface area contributed by atoms with Crippen LogP contribution >= 0.6 is 0 Å². The highest BCUT2D eigenvalue weighted by atomic mass is 19.1. The lowest BCUT2D eigenvalue weighted by Gasteiger charge is -2.33. The number of hydrogen-bond acceptors (Lipinski definition) is 3. The van der Waals surface area contributed by atoms with Crippen LogP contribution in [0.25, 0.3) is 0 Å². The average molecular weight is 271 g/mol. The number of carbonyl (C=O) groups is 1. The molecule has 4 nitrogen and oxygen atoms in total. The predicted molar refractivity (Wildman–Crippen MR) is 65.6 cm³/mol. The van der Waals surface area contributed by atoms with Crippen molar-refractivity contribution in [2.45, 2.75) is 18.9 Å². The van der Waals surface area contributed by atoms with Crippen molar-refractivity contribution >= 4 is 11.7 Å². The Bertz CT molecular complexity index is 464. The molecule has 1 aromatic carbocycles. The molecular formula is C13H15F2NO3. The molecule has 0 aromatic heterocycles. The molecule has 0 amide bonds. The molecule has 1 saturated heterocycles. The van der Waals surface area contributed by atoms with Gasteiger partial charge < -0.3 is 14.7 Å². The highest BCUT2D eigenvalue weighted by Crippen LogP contribution is 2.28. The summed E-state index contributed by atoms with van der Waals surface area (Å²) in [6, 6.07) is 1.68. The van der Waals surface area contributed by atoms with Crippen LogP contribution in [0.3, 0.4) is 0 Å². The van der Waals surface area contributed by atoms with Crippen LogP contribution in [0.15, 0.2) is 12.1 Å². The minimum absolute atomic E-state index is 0.00609. The molecule has 0 aliphatic carbocycles. The molecule has 104 valence electrons. The van der Waals surface area contributed by atoms with E-state index in [9.17, 15) is 13.6 Å². The first-order valence-corrected chi connectivity index (χ1v) is 6.03. The van der Waals surface area contributed by atoms with Crippen molar-refractivity contribution < 1.29 is 23.4 Å². The van der Waals surface area contributed by atoms with Crippen molar-refractivity contribution in [3.05, 3.63) is 29.3 Å². The highest BCUT2D eigenvalue weighted by molar-refractivity contribution is 5.88. The lowest BCUT2D eigenvalue weighted by atomic mass is 10.1. The summed E-state index contributed by atoms with van der Waals surface area (Å²) in [6.07, 6.45) is 1.38. The van der Waals surface area contributed by atoms with Gasteiger partial charge in [-0.2, -0.15) is 0 Å². The third-order valence-corrected chi connectivity index (χ3v) is 3.36. The summed E-state index contributed by atoms with van der Waals surface area (Å²) in [5, 5.41) is 8.75. The van der Waals surface area contributed by atoms with Gasteiger partial charge in [0.25, 0.3) is 0 Å². The Morgan fingerprint density at radius 3 is 2.32 bits per heavy atom. The Kier molecular flexibility index (Phi) is 3.99. The summed E-state index contributed by atoms with van der Waals surface area (Å²) in [5.41, 5.74) is -0.573. The third-order valence-electron chi connectivity index (χ3n) is 3.36. The Balaban J connectivity index is 2.30. The lowest BCUT2D eigenvalue weighted by Crippen LogP contribution is -2.37. The minimum atomic E-state index is -1.35. The van der Waals surface area contributed by atoms with E-state index in [0.717, 1.165) is 12.1 Å². The normalized spacial score (nSPS) is 16.4. The molecule has 1 aliphatic heterocycles. The summed E-state index contributed by atoms with van der Waals surface area (Å²) < 4.78 is 33.0. The van der Waals surface area contributed by atoms with E-state index in [0.29, 0.717) is 26.1 Å². The highest BCUT2D eigenvalue weighted by Gasteiger charge is 2.24. The minimum Gasteiger partial charge on any atom is -0.478 e. The van der Waals surface area contributed by atoms with Crippen LogP contribution in [0.4, 0.5) is 14.5 Å². The standard InChI is InChI=1S/C13H15F2NO3/c1-16(9-2-4-19-5-3-9)12-10(14)6-8(13(17)18)7-11(12)15/h6-7,9H,2-5H2,1H3,(H,17,18). The van der Waals surface area contributed by atoms with Gasteiger partial charge in [0.15, 0.2) is 0 Å². The monoisotopic (exact) mass is 271 g/mol. The molecule has 0 radical (unpaired) electrons. The molecule has 0 saturated carbocycles. The van der Waals surface area contributed by atoms with Gasteiger partial charge in [-0.25, -0.2) is 13.6 Å². The first kappa shape index (κ1) is 13.7. The molecule has 1 heterocycles. The second-order valence-corrected chi connectivity index (χ2v) is 4.55.